The van der Waals surface area contributed by atoms with Crippen molar-refractivity contribution in [2.45, 2.75) is 39.0 Å². The SMILES string of the molecule is CCCNCCN.CCCc1ccc(CCl)cc1. The predicted molar refractivity (Wildman–Crippen MR) is 82.2 cm³/mol. The second-order valence-corrected chi connectivity index (χ2v) is 4.51. The van der Waals surface area contributed by atoms with E-state index in [0.717, 1.165) is 19.6 Å². The van der Waals surface area contributed by atoms with Crippen LogP contribution in [-0.2, 0) is 12.3 Å². The van der Waals surface area contributed by atoms with E-state index in [1.54, 1.807) is 0 Å². The molecule has 0 aliphatic heterocycles. The zero-order valence-corrected chi connectivity index (χ0v) is 12.5. The van der Waals surface area contributed by atoms with Gasteiger partial charge in [-0.2, -0.15) is 0 Å². The van der Waals surface area contributed by atoms with Gasteiger partial charge in [-0.25, -0.2) is 0 Å². The molecule has 3 heteroatoms. The van der Waals surface area contributed by atoms with E-state index in [0.29, 0.717) is 5.88 Å². The minimum Gasteiger partial charge on any atom is -0.329 e. The van der Waals surface area contributed by atoms with Crippen LogP contribution in [0.4, 0.5) is 0 Å². The number of hydrogen-bond donors (Lipinski definition) is 2. The zero-order chi connectivity index (χ0) is 13.6. The lowest BCUT2D eigenvalue weighted by Crippen LogP contribution is -2.22. The molecule has 3 N–H and O–H groups in total. The standard InChI is InChI=1S/C10H13Cl.C5H14N2/c1-2-3-9-4-6-10(8-11)7-5-9;1-2-4-7-5-3-6/h4-7H,2-3,8H2,1H3;7H,2-6H2,1H3. The summed E-state index contributed by atoms with van der Waals surface area (Å²) in [5, 5.41) is 3.16. The lowest BCUT2D eigenvalue weighted by molar-refractivity contribution is 0.678. The van der Waals surface area contributed by atoms with Gasteiger partial charge in [0.2, 0.25) is 0 Å². The lowest BCUT2D eigenvalue weighted by atomic mass is 10.1. The first-order valence-electron chi connectivity index (χ1n) is 6.83. The number of alkyl halides is 1. The van der Waals surface area contributed by atoms with Crippen LogP contribution in [0.5, 0.6) is 0 Å². The topological polar surface area (TPSA) is 38.0 Å². The maximum absolute atomic E-state index is 5.66. The number of halogens is 1. The molecule has 2 nitrogen and oxygen atoms in total. The monoisotopic (exact) mass is 270 g/mol. The summed E-state index contributed by atoms with van der Waals surface area (Å²) in [4.78, 5) is 0. The summed E-state index contributed by atoms with van der Waals surface area (Å²) in [5.74, 6) is 0.617. The third kappa shape index (κ3) is 9.46. The normalized spacial score (nSPS) is 9.78. The van der Waals surface area contributed by atoms with Crippen molar-refractivity contribution in [1.82, 2.24) is 5.32 Å². The van der Waals surface area contributed by atoms with E-state index in [9.17, 15) is 0 Å². The second-order valence-electron chi connectivity index (χ2n) is 4.24. The molecule has 0 bridgehead atoms. The molecule has 1 aromatic carbocycles. The van der Waals surface area contributed by atoms with Gasteiger partial charge in [0.1, 0.15) is 0 Å². The summed E-state index contributed by atoms with van der Waals surface area (Å²) >= 11 is 5.66. The first-order chi connectivity index (χ1) is 8.78. The summed E-state index contributed by atoms with van der Waals surface area (Å²) in [7, 11) is 0. The molecule has 104 valence electrons. The fraction of sp³-hybridized carbons (Fsp3) is 0.600. The molecular weight excluding hydrogens is 244 g/mol. The van der Waals surface area contributed by atoms with Gasteiger partial charge in [-0.15, -0.1) is 11.6 Å². The van der Waals surface area contributed by atoms with Crippen molar-refractivity contribution < 1.29 is 0 Å². The van der Waals surface area contributed by atoms with Gasteiger partial charge in [-0.3, -0.25) is 0 Å². The Hall–Kier alpha value is -0.570. The number of rotatable bonds is 7. The van der Waals surface area contributed by atoms with Crippen LogP contribution in [0.1, 0.15) is 37.8 Å². The van der Waals surface area contributed by atoms with Crippen molar-refractivity contribution in [3.05, 3.63) is 35.4 Å². The Bertz CT molecular complexity index is 268. The lowest BCUT2D eigenvalue weighted by Gasteiger charge is -1.98. The first kappa shape index (κ1) is 17.4. The van der Waals surface area contributed by atoms with Crippen LogP contribution in [-0.4, -0.2) is 19.6 Å². The van der Waals surface area contributed by atoms with E-state index in [2.05, 4.69) is 43.4 Å². The van der Waals surface area contributed by atoms with Gasteiger partial charge in [-0.05, 0) is 30.5 Å². The quantitative estimate of drug-likeness (QED) is 0.589. The van der Waals surface area contributed by atoms with E-state index < -0.39 is 0 Å². The number of aryl methyl sites for hydroxylation is 1. The van der Waals surface area contributed by atoms with Crippen LogP contribution in [0, 0.1) is 0 Å². The van der Waals surface area contributed by atoms with Crippen LogP contribution in [0.3, 0.4) is 0 Å². The van der Waals surface area contributed by atoms with Crippen molar-refractivity contribution in [3.63, 3.8) is 0 Å². The van der Waals surface area contributed by atoms with Crippen molar-refractivity contribution in [3.8, 4) is 0 Å². The smallest absolute Gasteiger partial charge is 0.0474 e. The maximum atomic E-state index is 5.66. The van der Waals surface area contributed by atoms with Crippen LogP contribution >= 0.6 is 11.6 Å². The zero-order valence-electron chi connectivity index (χ0n) is 11.7. The molecule has 0 unspecified atom stereocenters. The molecule has 18 heavy (non-hydrogen) atoms. The van der Waals surface area contributed by atoms with Crippen molar-refractivity contribution >= 4 is 11.6 Å². The number of benzene rings is 1. The minimum absolute atomic E-state index is 0.617. The third-order valence-corrected chi connectivity index (χ3v) is 2.77. The molecule has 1 rings (SSSR count). The van der Waals surface area contributed by atoms with E-state index in [4.69, 9.17) is 17.3 Å². The second kappa shape index (κ2) is 12.9. The fourth-order valence-electron chi connectivity index (χ4n) is 1.49. The molecule has 0 atom stereocenters. The van der Waals surface area contributed by atoms with Crippen molar-refractivity contribution in [2.24, 2.45) is 5.73 Å². The highest BCUT2D eigenvalue weighted by atomic mass is 35.5. The molecule has 0 saturated heterocycles. The Morgan fingerprint density at radius 2 is 1.61 bits per heavy atom. The summed E-state index contributed by atoms with van der Waals surface area (Å²) in [6, 6.07) is 8.50. The summed E-state index contributed by atoms with van der Waals surface area (Å²) < 4.78 is 0. The molecule has 0 aliphatic rings. The van der Waals surface area contributed by atoms with Crippen LogP contribution in [0.15, 0.2) is 24.3 Å². The van der Waals surface area contributed by atoms with Gasteiger partial charge in [0.15, 0.2) is 0 Å². The third-order valence-electron chi connectivity index (χ3n) is 2.46. The molecule has 0 heterocycles. The Labute approximate surface area is 117 Å². The van der Waals surface area contributed by atoms with Gasteiger partial charge >= 0.3 is 0 Å². The molecule has 1 aromatic rings. The van der Waals surface area contributed by atoms with Gasteiger partial charge in [0.25, 0.3) is 0 Å². The highest BCUT2D eigenvalue weighted by Gasteiger charge is 1.91. The first-order valence-corrected chi connectivity index (χ1v) is 7.36. The van der Waals surface area contributed by atoms with E-state index in [-0.39, 0.29) is 0 Å². The van der Waals surface area contributed by atoms with E-state index in [1.807, 2.05) is 0 Å². The van der Waals surface area contributed by atoms with Crippen LogP contribution in [0.2, 0.25) is 0 Å². The number of nitrogens with one attached hydrogen (secondary N) is 1. The van der Waals surface area contributed by atoms with Gasteiger partial charge in [-0.1, -0.05) is 44.5 Å². The summed E-state index contributed by atoms with van der Waals surface area (Å²) in [6.45, 7) is 7.13. The largest absolute Gasteiger partial charge is 0.329 e. The Kier molecular flexibility index (Phi) is 12.5. The fourth-order valence-corrected chi connectivity index (χ4v) is 1.67. The average molecular weight is 271 g/mol. The minimum atomic E-state index is 0.617. The molecule has 0 amide bonds. The van der Waals surface area contributed by atoms with Gasteiger partial charge in [0.05, 0.1) is 0 Å². The van der Waals surface area contributed by atoms with Crippen molar-refractivity contribution in [2.75, 3.05) is 19.6 Å². The summed E-state index contributed by atoms with van der Waals surface area (Å²) in [5.41, 5.74) is 7.81. The predicted octanol–water partition coefficient (Wildman–Crippen LogP) is 3.32. The molecule has 0 spiro atoms. The number of hydrogen-bond acceptors (Lipinski definition) is 2. The highest BCUT2D eigenvalue weighted by molar-refractivity contribution is 6.17. The van der Waals surface area contributed by atoms with E-state index in [1.165, 1.54) is 30.4 Å². The Balaban J connectivity index is 0.000000360. The van der Waals surface area contributed by atoms with Gasteiger partial charge < -0.3 is 11.1 Å². The molecular formula is C15H27ClN2. The molecule has 0 fully saturated rings. The Morgan fingerprint density at radius 3 is 2.06 bits per heavy atom. The summed E-state index contributed by atoms with van der Waals surface area (Å²) in [6.07, 6.45) is 3.57. The highest BCUT2D eigenvalue weighted by Crippen LogP contribution is 2.08. The Morgan fingerprint density at radius 1 is 1.00 bits per heavy atom. The van der Waals surface area contributed by atoms with Gasteiger partial charge in [0, 0.05) is 19.0 Å². The van der Waals surface area contributed by atoms with E-state index >= 15 is 0 Å². The number of nitrogens with two attached hydrogens (primary N) is 1. The average Bonchev–Trinajstić information content (AvgIpc) is 2.41. The molecule has 0 saturated carbocycles. The molecule has 0 aliphatic carbocycles. The van der Waals surface area contributed by atoms with Crippen LogP contribution < -0.4 is 11.1 Å². The van der Waals surface area contributed by atoms with Crippen LogP contribution in [0.25, 0.3) is 0 Å². The molecule has 0 aromatic heterocycles. The maximum Gasteiger partial charge on any atom is 0.0474 e. The molecule has 0 radical (unpaired) electrons. The van der Waals surface area contributed by atoms with Crippen molar-refractivity contribution in [1.29, 1.82) is 0 Å².